The number of methoxy groups -OCH3 is 1. The normalized spacial score (nSPS) is 21.4. The van der Waals surface area contributed by atoms with Crippen molar-refractivity contribution in [2.75, 3.05) is 13.7 Å². The second kappa shape index (κ2) is 9.99. The van der Waals surface area contributed by atoms with Crippen LogP contribution in [0.1, 0.15) is 18.0 Å². The third kappa shape index (κ3) is 5.08. The predicted molar refractivity (Wildman–Crippen MR) is 128 cm³/mol. The van der Waals surface area contributed by atoms with Crippen molar-refractivity contribution < 1.29 is 23.1 Å². The summed E-state index contributed by atoms with van der Waals surface area (Å²) in [6.45, 7) is -0.103. The zero-order chi connectivity index (χ0) is 23.4. The van der Waals surface area contributed by atoms with Gasteiger partial charge < -0.3 is 9.84 Å². The van der Waals surface area contributed by atoms with E-state index in [1.54, 1.807) is 49.6 Å². The number of thioether (sulfide) groups is 1. The van der Waals surface area contributed by atoms with E-state index < -0.39 is 28.0 Å². The lowest BCUT2D eigenvalue weighted by Gasteiger charge is -2.41. The molecule has 0 aliphatic carbocycles. The maximum absolute atomic E-state index is 13.6. The standard InChI is InChI=1S/C25H25NO5S2/c1-31-19-14-12-18(13-15-19)23-16-24(32-20-8-4-2-5-9-20)22(25(27)28)17-26(23)33(29,30)21-10-6-3-7-11-21/h2-15,22-24H,16-17H2,1H3,(H,27,28)/t22-,23+,24-/m1/s1. The van der Waals surface area contributed by atoms with Crippen molar-refractivity contribution in [1.82, 2.24) is 4.31 Å². The van der Waals surface area contributed by atoms with Crippen LogP contribution in [0, 0.1) is 5.92 Å². The number of piperidine rings is 1. The Morgan fingerprint density at radius 2 is 1.58 bits per heavy atom. The summed E-state index contributed by atoms with van der Waals surface area (Å²) in [7, 11) is -2.33. The zero-order valence-corrected chi connectivity index (χ0v) is 19.7. The summed E-state index contributed by atoms with van der Waals surface area (Å²) in [6.07, 6.45) is 0.370. The van der Waals surface area contributed by atoms with Gasteiger partial charge >= 0.3 is 5.97 Å². The molecule has 1 fully saturated rings. The first-order valence-electron chi connectivity index (χ1n) is 10.6. The first kappa shape index (κ1) is 23.4. The van der Waals surface area contributed by atoms with Gasteiger partial charge in [0, 0.05) is 16.7 Å². The Bertz CT molecular complexity index is 1180. The summed E-state index contributed by atoms with van der Waals surface area (Å²) >= 11 is 1.49. The molecule has 1 heterocycles. The van der Waals surface area contributed by atoms with E-state index in [0.29, 0.717) is 12.2 Å². The molecule has 3 aromatic rings. The summed E-state index contributed by atoms with van der Waals surface area (Å²) in [5.74, 6) is -1.17. The van der Waals surface area contributed by atoms with Gasteiger partial charge in [-0.1, -0.05) is 48.5 Å². The number of hydrogen-bond donors (Lipinski definition) is 1. The number of carboxylic acid groups (broad SMARTS) is 1. The second-order valence-electron chi connectivity index (χ2n) is 7.83. The second-order valence-corrected chi connectivity index (χ2v) is 11.0. The van der Waals surface area contributed by atoms with Crippen LogP contribution in [0.4, 0.5) is 0 Å². The highest BCUT2D eigenvalue weighted by Gasteiger charge is 2.45. The molecule has 1 saturated heterocycles. The molecule has 3 aromatic carbocycles. The van der Waals surface area contributed by atoms with Crippen molar-refractivity contribution in [2.24, 2.45) is 5.92 Å². The van der Waals surface area contributed by atoms with E-state index in [4.69, 9.17) is 4.74 Å². The van der Waals surface area contributed by atoms with Crippen LogP contribution in [0.15, 0.2) is 94.7 Å². The van der Waals surface area contributed by atoms with Crippen molar-refractivity contribution >= 4 is 27.8 Å². The first-order chi connectivity index (χ1) is 15.9. The minimum absolute atomic E-state index is 0.103. The lowest BCUT2D eigenvalue weighted by Crippen LogP contribution is -2.49. The molecule has 0 saturated carbocycles. The lowest BCUT2D eigenvalue weighted by molar-refractivity contribution is -0.143. The molecule has 0 bridgehead atoms. The highest BCUT2D eigenvalue weighted by atomic mass is 32.2. The van der Waals surface area contributed by atoms with Crippen LogP contribution in [0.25, 0.3) is 0 Å². The molecular weight excluding hydrogens is 458 g/mol. The number of rotatable bonds is 7. The van der Waals surface area contributed by atoms with Crippen molar-refractivity contribution in [2.45, 2.75) is 27.5 Å². The van der Waals surface area contributed by atoms with Gasteiger partial charge in [0.2, 0.25) is 10.0 Å². The smallest absolute Gasteiger partial charge is 0.308 e. The highest BCUT2D eigenvalue weighted by molar-refractivity contribution is 8.00. The third-order valence-corrected chi connectivity index (χ3v) is 9.08. The zero-order valence-electron chi connectivity index (χ0n) is 18.1. The molecule has 172 valence electrons. The fourth-order valence-corrected chi connectivity index (χ4v) is 7.08. The van der Waals surface area contributed by atoms with Crippen LogP contribution in [-0.2, 0) is 14.8 Å². The van der Waals surface area contributed by atoms with Crippen molar-refractivity contribution in [1.29, 1.82) is 0 Å². The largest absolute Gasteiger partial charge is 0.497 e. The van der Waals surface area contributed by atoms with Crippen LogP contribution in [0.3, 0.4) is 0 Å². The minimum Gasteiger partial charge on any atom is -0.497 e. The predicted octanol–water partition coefficient (Wildman–Crippen LogP) is 4.69. The molecule has 0 radical (unpaired) electrons. The average Bonchev–Trinajstić information content (AvgIpc) is 2.85. The highest BCUT2D eigenvalue weighted by Crippen LogP contribution is 2.44. The van der Waals surface area contributed by atoms with E-state index in [1.807, 2.05) is 42.5 Å². The van der Waals surface area contributed by atoms with E-state index in [9.17, 15) is 18.3 Å². The fourth-order valence-electron chi connectivity index (χ4n) is 4.10. The molecule has 0 spiro atoms. The SMILES string of the molecule is COc1ccc([C@@H]2C[C@@H](Sc3ccccc3)[C@H](C(=O)O)CN2S(=O)(=O)c2ccccc2)cc1. The molecule has 0 amide bonds. The van der Waals surface area contributed by atoms with E-state index in [1.165, 1.54) is 16.1 Å². The molecule has 1 aliphatic heterocycles. The van der Waals surface area contributed by atoms with Crippen molar-refractivity contribution in [3.63, 3.8) is 0 Å². The van der Waals surface area contributed by atoms with E-state index in [2.05, 4.69) is 0 Å². The third-order valence-electron chi connectivity index (χ3n) is 5.83. The van der Waals surface area contributed by atoms with Crippen LogP contribution >= 0.6 is 11.8 Å². The summed E-state index contributed by atoms with van der Waals surface area (Å²) < 4.78 is 33.9. The van der Waals surface area contributed by atoms with E-state index >= 15 is 0 Å². The minimum atomic E-state index is -3.91. The molecule has 0 unspecified atom stereocenters. The first-order valence-corrected chi connectivity index (χ1v) is 12.9. The Kier molecular flexibility index (Phi) is 7.07. The molecular formula is C25H25NO5S2. The summed E-state index contributed by atoms with van der Waals surface area (Å²) in [5, 5.41) is 9.72. The fraction of sp³-hybridized carbons (Fsp3) is 0.240. The Morgan fingerprint density at radius 3 is 2.15 bits per heavy atom. The number of hydrogen-bond acceptors (Lipinski definition) is 5. The van der Waals surface area contributed by atoms with E-state index in [-0.39, 0.29) is 16.7 Å². The number of carbonyl (C=O) groups is 1. The van der Waals surface area contributed by atoms with Gasteiger partial charge in [-0.2, -0.15) is 4.31 Å². The lowest BCUT2D eigenvalue weighted by atomic mass is 9.90. The van der Waals surface area contributed by atoms with Gasteiger partial charge in [-0.3, -0.25) is 4.79 Å². The van der Waals surface area contributed by atoms with Gasteiger partial charge in [-0.05, 0) is 48.4 Å². The maximum atomic E-state index is 13.6. The van der Waals surface area contributed by atoms with Gasteiger partial charge in [-0.15, -0.1) is 11.8 Å². The number of benzene rings is 3. The monoisotopic (exact) mass is 483 g/mol. The maximum Gasteiger partial charge on any atom is 0.308 e. The van der Waals surface area contributed by atoms with Gasteiger partial charge in [0.15, 0.2) is 0 Å². The van der Waals surface area contributed by atoms with E-state index in [0.717, 1.165) is 10.5 Å². The van der Waals surface area contributed by atoms with Crippen LogP contribution in [0.2, 0.25) is 0 Å². The quantitative estimate of drug-likeness (QED) is 0.525. The topological polar surface area (TPSA) is 83.9 Å². The Morgan fingerprint density at radius 1 is 0.970 bits per heavy atom. The molecule has 8 heteroatoms. The molecule has 1 N–H and O–H groups in total. The van der Waals surface area contributed by atoms with Crippen molar-refractivity contribution in [3.8, 4) is 5.75 Å². The van der Waals surface area contributed by atoms with Crippen molar-refractivity contribution in [3.05, 3.63) is 90.5 Å². The summed E-state index contributed by atoms with van der Waals surface area (Å²) in [6, 6.07) is 24.6. The summed E-state index contributed by atoms with van der Waals surface area (Å²) in [4.78, 5) is 13.4. The molecule has 33 heavy (non-hydrogen) atoms. The van der Waals surface area contributed by atoms with Gasteiger partial charge in [-0.25, -0.2) is 8.42 Å². The Labute approximate surface area is 198 Å². The van der Waals surface area contributed by atoms with Gasteiger partial charge in [0.1, 0.15) is 5.75 Å². The average molecular weight is 484 g/mol. The Balaban J connectivity index is 1.75. The number of ether oxygens (including phenoxy) is 1. The molecule has 0 aromatic heterocycles. The number of sulfonamides is 1. The number of nitrogens with zero attached hydrogens (tertiary/aromatic N) is 1. The number of carboxylic acids is 1. The summed E-state index contributed by atoms with van der Waals surface area (Å²) in [5.41, 5.74) is 0.804. The molecule has 6 nitrogen and oxygen atoms in total. The van der Waals surface area contributed by atoms with Crippen LogP contribution in [0.5, 0.6) is 5.75 Å². The van der Waals surface area contributed by atoms with Crippen LogP contribution in [-0.4, -0.2) is 42.7 Å². The van der Waals surface area contributed by atoms with Gasteiger partial charge in [0.25, 0.3) is 0 Å². The van der Waals surface area contributed by atoms with Crippen LogP contribution < -0.4 is 4.74 Å². The number of aliphatic carboxylic acids is 1. The molecule has 3 atom stereocenters. The molecule has 4 rings (SSSR count). The Hall–Kier alpha value is -2.81. The molecule has 1 aliphatic rings. The van der Waals surface area contributed by atoms with Gasteiger partial charge in [0.05, 0.1) is 24.0 Å².